The quantitative estimate of drug-likeness (QED) is 0.802. The molecule has 2 rings (SSSR count). The summed E-state index contributed by atoms with van der Waals surface area (Å²) in [5.74, 6) is -3.07. The molecule has 1 aliphatic heterocycles. The average molecular weight is 268 g/mol. The summed E-state index contributed by atoms with van der Waals surface area (Å²) in [6, 6.07) is 3.32. The van der Waals surface area contributed by atoms with Crippen molar-refractivity contribution in [2.24, 2.45) is 5.92 Å². The number of pyridine rings is 1. The van der Waals surface area contributed by atoms with E-state index in [9.17, 15) is 14.0 Å². The number of carbonyl (C=O) groups excluding carboxylic acids is 1. The lowest BCUT2D eigenvalue weighted by Crippen LogP contribution is -2.44. The Morgan fingerprint density at radius 1 is 1.47 bits per heavy atom. The highest BCUT2D eigenvalue weighted by Crippen LogP contribution is 2.20. The highest BCUT2D eigenvalue weighted by molar-refractivity contribution is 5.92. The van der Waals surface area contributed by atoms with Crippen LogP contribution in [-0.4, -0.2) is 53.2 Å². The maximum atomic E-state index is 13.0. The van der Waals surface area contributed by atoms with E-state index in [1.165, 1.54) is 24.1 Å². The van der Waals surface area contributed by atoms with Crippen LogP contribution in [0, 0.1) is 11.9 Å². The molecule has 0 radical (unpaired) electrons. The fourth-order valence-electron chi connectivity index (χ4n) is 2.02. The summed E-state index contributed by atoms with van der Waals surface area (Å²) >= 11 is 0. The summed E-state index contributed by atoms with van der Waals surface area (Å²) in [4.78, 5) is 27.9. The molecule has 2 heterocycles. The van der Waals surface area contributed by atoms with Crippen molar-refractivity contribution in [1.29, 1.82) is 0 Å². The molecule has 0 bridgehead atoms. The summed E-state index contributed by atoms with van der Waals surface area (Å²) in [5.41, 5.74) is -0.0569. The average Bonchev–Trinajstić information content (AvgIpc) is 2.86. The van der Waals surface area contributed by atoms with Crippen molar-refractivity contribution in [3.05, 3.63) is 29.8 Å². The molecule has 1 aliphatic rings. The second kappa shape index (κ2) is 5.31. The Morgan fingerprint density at radius 3 is 2.84 bits per heavy atom. The lowest BCUT2D eigenvalue weighted by atomic mass is 10.0. The van der Waals surface area contributed by atoms with Crippen molar-refractivity contribution in [1.82, 2.24) is 9.88 Å². The fraction of sp³-hybridized carbons (Fsp3) is 0.417. The van der Waals surface area contributed by atoms with Crippen LogP contribution in [0.3, 0.4) is 0 Å². The number of carboxylic acid groups (broad SMARTS) is 1. The highest BCUT2D eigenvalue weighted by Gasteiger charge is 2.38. The summed E-state index contributed by atoms with van der Waals surface area (Å²) in [6.45, 7) is 0.211. The first-order valence-electron chi connectivity index (χ1n) is 5.71. The SMILES string of the molecule is CN(C(=O)c1cccc(F)n1)C1COCC1C(=O)O. The van der Waals surface area contributed by atoms with Gasteiger partial charge in [-0.25, -0.2) is 4.98 Å². The van der Waals surface area contributed by atoms with E-state index in [0.717, 1.165) is 6.07 Å². The third kappa shape index (κ3) is 2.70. The van der Waals surface area contributed by atoms with Gasteiger partial charge < -0.3 is 14.7 Å². The Morgan fingerprint density at radius 2 is 2.21 bits per heavy atom. The molecule has 0 saturated carbocycles. The maximum absolute atomic E-state index is 13.0. The zero-order valence-corrected chi connectivity index (χ0v) is 10.2. The smallest absolute Gasteiger partial charge is 0.311 e. The van der Waals surface area contributed by atoms with Gasteiger partial charge in [0, 0.05) is 7.05 Å². The first-order chi connectivity index (χ1) is 9.00. The van der Waals surface area contributed by atoms with Gasteiger partial charge in [-0.15, -0.1) is 0 Å². The predicted octanol–water partition coefficient (Wildman–Crippen LogP) is 0.392. The van der Waals surface area contributed by atoms with Gasteiger partial charge in [-0.05, 0) is 12.1 Å². The molecule has 1 saturated heterocycles. The van der Waals surface area contributed by atoms with Gasteiger partial charge >= 0.3 is 5.97 Å². The van der Waals surface area contributed by atoms with Gasteiger partial charge in [0.2, 0.25) is 5.95 Å². The van der Waals surface area contributed by atoms with Crippen LogP contribution in [0.5, 0.6) is 0 Å². The van der Waals surface area contributed by atoms with Crippen molar-refractivity contribution in [2.45, 2.75) is 6.04 Å². The second-order valence-electron chi connectivity index (χ2n) is 4.31. The molecule has 0 aromatic carbocycles. The second-order valence-corrected chi connectivity index (χ2v) is 4.31. The van der Waals surface area contributed by atoms with Crippen molar-refractivity contribution < 1.29 is 23.8 Å². The van der Waals surface area contributed by atoms with E-state index < -0.39 is 29.8 Å². The molecule has 1 aromatic heterocycles. The molecule has 0 spiro atoms. The number of halogens is 1. The predicted molar refractivity (Wildman–Crippen MR) is 62.0 cm³/mol. The van der Waals surface area contributed by atoms with Crippen LogP contribution in [-0.2, 0) is 9.53 Å². The number of hydrogen-bond acceptors (Lipinski definition) is 4. The highest BCUT2D eigenvalue weighted by atomic mass is 19.1. The number of likely N-dealkylation sites (N-methyl/N-ethyl adjacent to an activating group) is 1. The lowest BCUT2D eigenvalue weighted by Gasteiger charge is -2.25. The Kier molecular flexibility index (Phi) is 3.75. The monoisotopic (exact) mass is 268 g/mol. The third-order valence-corrected chi connectivity index (χ3v) is 3.12. The molecular weight excluding hydrogens is 255 g/mol. The number of amides is 1. The van der Waals surface area contributed by atoms with Gasteiger partial charge in [0.15, 0.2) is 0 Å². The molecule has 1 fully saturated rings. The zero-order valence-electron chi connectivity index (χ0n) is 10.2. The molecular formula is C12H13FN2O4. The van der Waals surface area contributed by atoms with Gasteiger partial charge in [0.05, 0.1) is 19.3 Å². The van der Waals surface area contributed by atoms with E-state index in [-0.39, 0.29) is 18.9 Å². The maximum Gasteiger partial charge on any atom is 0.311 e. The molecule has 102 valence electrons. The summed E-state index contributed by atoms with van der Waals surface area (Å²) in [6.07, 6.45) is 0. The number of hydrogen-bond donors (Lipinski definition) is 1. The minimum Gasteiger partial charge on any atom is -0.481 e. The first kappa shape index (κ1) is 13.4. The van der Waals surface area contributed by atoms with E-state index in [0.29, 0.717) is 0 Å². The van der Waals surface area contributed by atoms with Crippen LogP contribution in [0.25, 0.3) is 0 Å². The van der Waals surface area contributed by atoms with E-state index in [4.69, 9.17) is 9.84 Å². The normalized spacial score (nSPS) is 22.2. The number of rotatable bonds is 3. The van der Waals surface area contributed by atoms with Crippen molar-refractivity contribution in [3.63, 3.8) is 0 Å². The molecule has 7 heteroatoms. The van der Waals surface area contributed by atoms with Crippen LogP contribution in [0.2, 0.25) is 0 Å². The van der Waals surface area contributed by atoms with Crippen LogP contribution < -0.4 is 0 Å². The van der Waals surface area contributed by atoms with Gasteiger partial charge in [0.1, 0.15) is 11.6 Å². The van der Waals surface area contributed by atoms with Crippen LogP contribution in [0.15, 0.2) is 18.2 Å². The van der Waals surface area contributed by atoms with Crippen LogP contribution >= 0.6 is 0 Å². The number of aliphatic carboxylic acids is 1. The van der Waals surface area contributed by atoms with E-state index >= 15 is 0 Å². The van der Waals surface area contributed by atoms with E-state index in [1.54, 1.807) is 0 Å². The topological polar surface area (TPSA) is 79.7 Å². The number of carboxylic acids is 1. The van der Waals surface area contributed by atoms with Crippen LogP contribution in [0.1, 0.15) is 10.5 Å². The lowest BCUT2D eigenvalue weighted by molar-refractivity contribution is -0.142. The van der Waals surface area contributed by atoms with Crippen molar-refractivity contribution in [3.8, 4) is 0 Å². The van der Waals surface area contributed by atoms with E-state index in [1.807, 2.05) is 0 Å². The molecule has 6 nitrogen and oxygen atoms in total. The number of ether oxygens (including phenoxy) is 1. The number of aromatic nitrogens is 1. The van der Waals surface area contributed by atoms with E-state index in [2.05, 4.69) is 4.98 Å². The molecule has 1 N–H and O–H groups in total. The standard InChI is InChI=1S/C12H13FN2O4/c1-15(9-6-19-5-7(9)12(17)18)11(16)8-3-2-4-10(13)14-8/h2-4,7,9H,5-6H2,1H3,(H,17,18). The van der Waals surface area contributed by atoms with Gasteiger partial charge in [-0.1, -0.05) is 6.07 Å². The van der Waals surface area contributed by atoms with Crippen molar-refractivity contribution >= 4 is 11.9 Å². The third-order valence-electron chi connectivity index (χ3n) is 3.12. The number of nitrogens with zero attached hydrogens (tertiary/aromatic N) is 2. The van der Waals surface area contributed by atoms with Crippen molar-refractivity contribution in [2.75, 3.05) is 20.3 Å². The molecule has 19 heavy (non-hydrogen) atoms. The minimum atomic E-state index is -1.02. The fourth-order valence-corrected chi connectivity index (χ4v) is 2.02. The summed E-state index contributed by atoms with van der Waals surface area (Å²) in [7, 11) is 1.46. The molecule has 2 unspecified atom stereocenters. The number of carbonyl (C=O) groups is 2. The Bertz CT molecular complexity index is 508. The molecule has 1 aromatic rings. The molecule has 1 amide bonds. The minimum absolute atomic E-state index is 0.0569. The largest absolute Gasteiger partial charge is 0.481 e. The van der Waals surface area contributed by atoms with Crippen LogP contribution in [0.4, 0.5) is 4.39 Å². The molecule has 0 aliphatic carbocycles. The Balaban J connectivity index is 2.17. The summed E-state index contributed by atoms with van der Waals surface area (Å²) in [5, 5.41) is 9.04. The van der Waals surface area contributed by atoms with Gasteiger partial charge in [0.25, 0.3) is 5.91 Å². The van der Waals surface area contributed by atoms with Gasteiger partial charge in [-0.2, -0.15) is 4.39 Å². The summed E-state index contributed by atoms with van der Waals surface area (Å²) < 4.78 is 18.1. The Labute approximate surface area is 108 Å². The molecule has 2 atom stereocenters. The Hall–Kier alpha value is -2.02. The zero-order chi connectivity index (χ0) is 14.0. The first-order valence-corrected chi connectivity index (χ1v) is 5.71. The van der Waals surface area contributed by atoms with Gasteiger partial charge in [-0.3, -0.25) is 9.59 Å².